The number of benzene rings is 3. The van der Waals surface area contributed by atoms with Gasteiger partial charge in [0, 0.05) is 6.07 Å². The summed E-state index contributed by atoms with van der Waals surface area (Å²) in [5, 5.41) is 7.61. The zero-order valence-corrected chi connectivity index (χ0v) is 17.0. The summed E-state index contributed by atoms with van der Waals surface area (Å²) in [6.45, 7) is 1.89. The predicted octanol–water partition coefficient (Wildman–Crippen LogP) is 4.83. The van der Waals surface area contributed by atoms with Crippen LogP contribution in [-0.2, 0) is 4.79 Å². The van der Waals surface area contributed by atoms with Gasteiger partial charge in [0.15, 0.2) is 0 Å². The molecule has 0 unspecified atom stereocenters. The van der Waals surface area contributed by atoms with Crippen molar-refractivity contribution < 1.29 is 4.79 Å². The minimum atomic E-state index is -0.443. The van der Waals surface area contributed by atoms with Crippen molar-refractivity contribution in [2.24, 2.45) is 0 Å². The molecular formula is C25H21N5O. The Morgan fingerprint density at radius 2 is 1.52 bits per heavy atom. The maximum absolute atomic E-state index is 13.5. The third kappa shape index (κ3) is 3.71. The van der Waals surface area contributed by atoms with Crippen molar-refractivity contribution in [3.8, 4) is 5.95 Å². The van der Waals surface area contributed by atoms with Gasteiger partial charge in [-0.15, -0.1) is 0 Å². The highest BCUT2D eigenvalue weighted by Gasteiger charge is 2.24. The van der Waals surface area contributed by atoms with E-state index in [1.165, 1.54) is 0 Å². The number of fused-ring (bicyclic) bond motifs is 1. The Bertz CT molecular complexity index is 1270. The molecule has 1 amide bonds. The molecule has 0 bridgehead atoms. The number of amides is 1. The Morgan fingerprint density at radius 1 is 0.903 bits per heavy atom. The largest absolute Gasteiger partial charge is 0.322 e. The summed E-state index contributed by atoms with van der Waals surface area (Å²) in [6, 6.07) is 29.2. The summed E-state index contributed by atoms with van der Waals surface area (Å²) in [5.74, 6) is 0.551. The smallest absolute Gasteiger partial charge is 0.237 e. The molecule has 2 heterocycles. The van der Waals surface area contributed by atoms with Crippen LogP contribution in [0, 0.1) is 6.92 Å². The SMILES string of the molecule is Cc1cc(NC(=O)C(c2ccccc2)c2ccccc2)n(-c2nc3ccccc3[nH]2)n1. The number of aryl methyl sites for hydroxylation is 1. The van der Waals surface area contributed by atoms with Crippen LogP contribution in [0.1, 0.15) is 22.7 Å². The molecular weight excluding hydrogens is 386 g/mol. The molecule has 0 spiro atoms. The molecule has 0 fully saturated rings. The van der Waals surface area contributed by atoms with E-state index in [1.807, 2.05) is 97.9 Å². The van der Waals surface area contributed by atoms with Gasteiger partial charge >= 0.3 is 0 Å². The molecule has 6 heteroatoms. The fourth-order valence-electron chi connectivity index (χ4n) is 3.77. The van der Waals surface area contributed by atoms with Crippen LogP contribution in [0.2, 0.25) is 0 Å². The number of anilines is 1. The molecule has 2 aromatic heterocycles. The molecule has 31 heavy (non-hydrogen) atoms. The Hall–Kier alpha value is -4.19. The Kier molecular flexibility index (Phi) is 4.80. The number of hydrogen-bond donors (Lipinski definition) is 2. The van der Waals surface area contributed by atoms with E-state index in [0.717, 1.165) is 27.9 Å². The van der Waals surface area contributed by atoms with Gasteiger partial charge in [0.25, 0.3) is 0 Å². The van der Waals surface area contributed by atoms with Crippen LogP contribution in [0.5, 0.6) is 0 Å². The maximum Gasteiger partial charge on any atom is 0.237 e. The van der Waals surface area contributed by atoms with Crippen molar-refractivity contribution in [3.05, 3.63) is 108 Å². The zero-order chi connectivity index (χ0) is 21.2. The van der Waals surface area contributed by atoms with Gasteiger partial charge in [-0.2, -0.15) is 9.78 Å². The molecule has 2 N–H and O–H groups in total. The van der Waals surface area contributed by atoms with E-state index in [4.69, 9.17) is 0 Å². The van der Waals surface area contributed by atoms with Gasteiger partial charge in [-0.05, 0) is 30.2 Å². The van der Waals surface area contributed by atoms with Crippen LogP contribution < -0.4 is 5.32 Å². The van der Waals surface area contributed by atoms with Crippen molar-refractivity contribution in [2.75, 3.05) is 5.32 Å². The van der Waals surface area contributed by atoms with Crippen LogP contribution in [0.4, 0.5) is 5.82 Å². The van der Waals surface area contributed by atoms with Crippen LogP contribution in [0.25, 0.3) is 17.0 Å². The molecule has 0 saturated carbocycles. The van der Waals surface area contributed by atoms with Gasteiger partial charge in [-0.3, -0.25) is 4.79 Å². The summed E-state index contributed by atoms with van der Waals surface area (Å²) >= 11 is 0. The van der Waals surface area contributed by atoms with Gasteiger partial charge in [-0.25, -0.2) is 4.98 Å². The normalized spacial score (nSPS) is 11.2. The molecule has 0 aliphatic rings. The van der Waals surface area contributed by atoms with E-state index < -0.39 is 5.92 Å². The predicted molar refractivity (Wildman–Crippen MR) is 121 cm³/mol. The number of imidazole rings is 1. The van der Waals surface area contributed by atoms with Gasteiger partial charge < -0.3 is 10.3 Å². The van der Waals surface area contributed by atoms with Crippen LogP contribution >= 0.6 is 0 Å². The fourth-order valence-corrected chi connectivity index (χ4v) is 3.77. The number of aromatic nitrogens is 4. The van der Waals surface area contributed by atoms with Crippen LogP contribution in [0.3, 0.4) is 0 Å². The molecule has 0 radical (unpaired) electrons. The lowest BCUT2D eigenvalue weighted by atomic mass is 9.90. The number of hydrogen-bond acceptors (Lipinski definition) is 3. The number of H-pyrrole nitrogens is 1. The van der Waals surface area contributed by atoms with Crippen LogP contribution in [-0.4, -0.2) is 25.7 Å². The minimum absolute atomic E-state index is 0.130. The number of rotatable bonds is 5. The molecule has 5 rings (SSSR count). The first-order chi connectivity index (χ1) is 15.2. The lowest BCUT2D eigenvalue weighted by molar-refractivity contribution is -0.116. The van der Waals surface area contributed by atoms with E-state index in [0.29, 0.717) is 11.8 Å². The average Bonchev–Trinajstić information content (AvgIpc) is 3.38. The lowest BCUT2D eigenvalue weighted by Gasteiger charge is -2.18. The Morgan fingerprint density at radius 3 is 2.16 bits per heavy atom. The van der Waals surface area contributed by atoms with Gasteiger partial charge in [0.05, 0.1) is 22.6 Å². The molecule has 0 saturated heterocycles. The molecule has 0 aliphatic heterocycles. The molecule has 0 atom stereocenters. The minimum Gasteiger partial charge on any atom is -0.322 e. The van der Waals surface area contributed by atoms with Gasteiger partial charge in [0.1, 0.15) is 5.82 Å². The van der Waals surface area contributed by atoms with E-state index in [1.54, 1.807) is 4.68 Å². The van der Waals surface area contributed by atoms with Crippen molar-refractivity contribution in [1.29, 1.82) is 0 Å². The summed E-state index contributed by atoms with van der Waals surface area (Å²) < 4.78 is 1.64. The highest BCUT2D eigenvalue weighted by molar-refractivity contribution is 5.97. The summed E-state index contributed by atoms with van der Waals surface area (Å²) in [4.78, 5) is 21.4. The lowest BCUT2D eigenvalue weighted by Crippen LogP contribution is -2.23. The standard InChI is InChI=1S/C25H21N5O/c1-17-16-22(30(29-17)25-26-20-14-8-9-15-21(20)27-25)28-24(31)23(18-10-4-2-5-11-18)19-12-6-3-7-13-19/h2-16,23H,1H3,(H,26,27)(H,28,31). The van der Waals surface area contributed by atoms with Crippen LogP contribution in [0.15, 0.2) is 91.0 Å². The summed E-state index contributed by atoms with van der Waals surface area (Å²) in [6.07, 6.45) is 0. The average molecular weight is 407 g/mol. The molecule has 5 aromatic rings. The molecule has 3 aromatic carbocycles. The number of nitrogens with zero attached hydrogens (tertiary/aromatic N) is 3. The first-order valence-corrected chi connectivity index (χ1v) is 10.1. The first-order valence-electron chi connectivity index (χ1n) is 10.1. The second-order valence-electron chi connectivity index (χ2n) is 7.40. The number of aromatic amines is 1. The van der Waals surface area contributed by atoms with E-state index in [-0.39, 0.29) is 5.91 Å². The zero-order valence-electron chi connectivity index (χ0n) is 17.0. The van der Waals surface area contributed by atoms with Gasteiger partial charge in [0.2, 0.25) is 11.9 Å². The van der Waals surface area contributed by atoms with Crippen molar-refractivity contribution in [1.82, 2.24) is 19.7 Å². The van der Waals surface area contributed by atoms with Crippen molar-refractivity contribution in [3.63, 3.8) is 0 Å². The second kappa shape index (κ2) is 7.91. The topological polar surface area (TPSA) is 75.6 Å². The Balaban J connectivity index is 1.52. The van der Waals surface area contributed by atoms with Crippen molar-refractivity contribution >= 4 is 22.8 Å². The summed E-state index contributed by atoms with van der Waals surface area (Å²) in [7, 11) is 0. The highest BCUT2D eigenvalue weighted by atomic mass is 16.2. The monoisotopic (exact) mass is 407 g/mol. The molecule has 6 nitrogen and oxygen atoms in total. The third-order valence-electron chi connectivity index (χ3n) is 5.19. The van der Waals surface area contributed by atoms with E-state index >= 15 is 0 Å². The molecule has 0 aliphatic carbocycles. The fraction of sp³-hybridized carbons (Fsp3) is 0.0800. The summed E-state index contributed by atoms with van der Waals surface area (Å²) in [5.41, 5.74) is 4.39. The van der Waals surface area contributed by atoms with Crippen molar-refractivity contribution in [2.45, 2.75) is 12.8 Å². The number of carbonyl (C=O) groups is 1. The number of para-hydroxylation sites is 2. The second-order valence-corrected chi connectivity index (χ2v) is 7.40. The van der Waals surface area contributed by atoms with E-state index in [2.05, 4.69) is 20.4 Å². The number of carbonyl (C=O) groups excluding carboxylic acids is 1. The maximum atomic E-state index is 13.5. The van der Waals surface area contributed by atoms with E-state index in [9.17, 15) is 4.79 Å². The first kappa shape index (κ1) is 18.8. The third-order valence-corrected chi connectivity index (χ3v) is 5.19. The Labute approximate surface area is 179 Å². The van der Waals surface area contributed by atoms with Gasteiger partial charge in [-0.1, -0.05) is 72.8 Å². The highest BCUT2D eigenvalue weighted by Crippen LogP contribution is 2.27. The molecule has 152 valence electrons. The number of nitrogens with one attached hydrogen (secondary N) is 2. The quantitative estimate of drug-likeness (QED) is 0.438.